The molecule has 4 rings (SSSR count). The van der Waals surface area contributed by atoms with Gasteiger partial charge in [-0.15, -0.1) is 0 Å². The van der Waals surface area contributed by atoms with E-state index in [9.17, 15) is 4.79 Å². The van der Waals surface area contributed by atoms with E-state index < -0.39 is 0 Å². The molecule has 7 nitrogen and oxygen atoms in total. The van der Waals surface area contributed by atoms with Crippen molar-refractivity contribution in [1.82, 2.24) is 20.1 Å². The number of carbonyl (C=O) groups excluding carboxylic acids is 1. The summed E-state index contributed by atoms with van der Waals surface area (Å²) < 4.78 is 6.91. The van der Waals surface area contributed by atoms with Gasteiger partial charge in [0.15, 0.2) is 0 Å². The maximum absolute atomic E-state index is 12.2. The van der Waals surface area contributed by atoms with Crippen LogP contribution in [0.15, 0.2) is 36.7 Å². The molecule has 1 aromatic carbocycles. The number of hydrogen-bond acceptors (Lipinski definition) is 5. The number of aryl methyl sites for hydroxylation is 1. The van der Waals surface area contributed by atoms with Gasteiger partial charge in [0.2, 0.25) is 5.91 Å². The molecule has 1 unspecified atom stereocenters. The van der Waals surface area contributed by atoms with Crippen LogP contribution in [-0.2, 0) is 29.4 Å². The molecular weight excluding hydrogens is 354 g/mol. The van der Waals surface area contributed by atoms with Crippen LogP contribution in [0.2, 0.25) is 0 Å². The van der Waals surface area contributed by atoms with E-state index in [2.05, 4.69) is 32.8 Å². The van der Waals surface area contributed by atoms with Crippen LogP contribution in [0.4, 0.5) is 5.82 Å². The molecule has 146 valence electrons. The second kappa shape index (κ2) is 7.98. The summed E-state index contributed by atoms with van der Waals surface area (Å²) in [5.41, 5.74) is 4.51. The Morgan fingerprint density at radius 1 is 1.39 bits per heavy atom. The van der Waals surface area contributed by atoms with E-state index in [-0.39, 0.29) is 11.9 Å². The minimum Gasteiger partial charge on any atom is -0.385 e. The number of ether oxygens (including phenoxy) is 1. The Morgan fingerprint density at radius 3 is 3.14 bits per heavy atom. The SMILES string of the molecule is COCCCNC(=O)Cc1cccc(C2Cc3c(ncc4cnn(C)c34)N2)c1. The first-order valence-electron chi connectivity index (χ1n) is 9.56. The van der Waals surface area contributed by atoms with Crippen molar-refractivity contribution in [2.75, 3.05) is 25.6 Å². The van der Waals surface area contributed by atoms with Gasteiger partial charge in [-0.3, -0.25) is 9.48 Å². The zero-order valence-corrected chi connectivity index (χ0v) is 16.2. The lowest BCUT2D eigenvalue weighted by atomic mass is 9.99. The fourth-order valence-corrected chi connectivity index (χ4v) is 3.79. The molecule has 1 aliphatic heterocycles. The number of amides is 1. The quantitative estimate of drug-likeness (QED) is 0.616. The van der Waals surface area contributed by atoms with Gasteiger partial charge in [-0.1, -0.05) is 24.3 Å². The summed E-state index contributed by atoms with van der Waals surface area (Å²) in [5, 5.41) is 11.9. The first-order chi connectivity index (χ1) is 13.7. The molecule has 0 fully saturated rings. The summed E-state index contributed by atoms with van der Waals surface area (Å²) >= 11 is 0. The number of hydrogen-bond donors (Lipinski definition) is 2. The maximum Gasteiger partial charge on any atom is 0.224 e. The number of benzene rings is 1. The van der Waals surface area contributed by atoms with E-state index >= 15 is 0 Å². The summed E-state index contributed by atoms with van der Waals surface area (Å²) in [6, 6.07) is 8.37. The molecule has 28 heavy (non-hydrogen) atoms. The molecule has 0 spiro atoms. The molecule has 1 atom stereocenters. The van der Waals surface area contributed by atoms with Crippen molar-refractivity contribution in [2.24, 2.45) is 7.05 Å². The first-order valence-corrected chi connectivity index (χ1v) is 9.56. The van der Waals surface area contributed by atoms with Crippen molar-refractivity contribution < 1.29 is 9.53 Å². The molecule has 1 amide bonds. The Bertz CT molecular complexity index is 998. The summed E-state index contributed by atoms with van der Waals surface area (Å²) in [5.74, 6) is 0.955. The van der Waals surface area contributed by atoms with Gasteiger partial charge < -0.3 is 15.4 Å². The molecule has 0 saturated heterocycles. The molecule has 0 radical (unpaired) electrons. The number of fused-ring (bicyclic) bond motifs is 3. The van der Waals surface area contributed by atoms with Gasteiger partial charge in [-0.05, 0) is 17.5 Å². The van der Waals surface area contributed by atoms with Gasteiger partial charge in [0.25, 0.3) is 0 Å². The molecular formula is C21H25N5O2. The highest BCUT2D eigenvalue weighted by atomic mass is 16.5. The third kappa shape index (κ3) is 3.71. The lowest BCUT2D eigenvalue weighted by molar-refractivity contribution is -0.120. The number of nitrogens with one attached hydrogen (secondary N) is 2. The smallest absolute Gasteiger partial charge is 0.224 e. The van der Waals surface area contributed by atoms with Crippen molar-refractivity contribution >= 4 is 22.6 Å². The molecule has 3 heterocycles. The van der Waals surface area contributed by atoms with Gasteiger partial charge in [0.05, 0.1) is 24.2 Å². The molecule has 1 aliphatic rings. The zero-order chi connectivity index (χ0) is 19.5. The number of nitrogens with zero attached hydrogens (tertiary/aromatic N) is 3. The van der Waals surface area contributed by atoms with E-state index in [4.69, 9.17) is 4.74 Å². The van der Waals surface area contributed by atoms with E-state index in [1.807, 2.05) is 36.3 Å². The summed E-state index contributed by atoms with van der Waals surface area (Å²) in [6.07, 6.45) is 5.77. The van der Waals surface area contributed by atoms with Crippen LogP contribution in [0.1, 0.15) is 29.2 Å². The Labute approximate surface area is 164 Å². The van der Waals surface area contributed by atoms with E-state index in [1.54, 1.807) is 7.11 Å². The van der Waals surface area contributed by atoms with Gasteiger partial charge in [-0.2, -0.15) is 5.10 Å². The van der Waals surface area contributed by atoms with Crippen LogP contribution < -0.4 is 10.6 Å². The van der Waals surface area contributed by atoms with Crippen molar-refractivity contribution in [3.63, 3.8) is 0 Å². The highest BCUT2D eigenvalue weighted by molar-refractivity contribution is 5.86. The first kappa shape index (κ1) is 18.4. The molecule has 0 bridgehead atoms. The molecule has 7 heteroatoms. The highest BCUT2D eigenvalue weighted by Gasteiger charge is 2.26. The standard InChI is InChI=1S/C21H25N5O2/c1-26-20-16(13-24-26)12-23-21-17(20)11-18(25-21)15-6-3-5-14(9-15)10-19(27)22-7-4-8-28-2/h3,5-6,9,12-13,18H,4,7-8,10-11H2,1-2H3,(H,22,27)(H,23,25). The predicted molar refractivity (Wildman–Crippen MR) is 108 cm³/mol. The highest BCUT2D eigenvalue weighted by Crippen LogP contribution is 2.36. The lowest BCUT2D eigenvalue weighted by Gasteiger charge is -2.13. The Kier molecular flexibility index (Phi) is 5.25. The summed E-state index contributed by atoms with van der Waals surface area (Å²) in [6.45, 7) is 1.29. The predicted octanol–water partition coefficient (Wildman–Crippen LogP) is 2.37. The van der Waals surface area contributed by atoms with Crippen molar-refractivity contribution in [3.05, 3.63) is 53.3 Å². The van der Waals surface area contributed by atoms with E-state index in [1.165, 1.54) is 5.56 Å². The van der Waals surface area contributed by atoms with Crippen molar-refractivity contribution in [3.8, 4) is 0 Å². The maximum atomic E-state index is 12.2. The number of anilines is 1. The van der Waals surface area contributed by atoms with Crippen LogP contribution in [0.25, 0.3) is 10.9 Å². The minimum absolute atomic E-state index is 0.0363. The van der Waals surface area contributed by atoms with E-state index in [0.29, 0.717) is 19.6 Å². The Hall–Kier alpha value is -2.93. The van der Waals surface area contributed by atoms with Crippen LogP contribution in [-0.4, -0.2) is 40.9 Å². The molecule has 0 saturated carbocycles. The second-order valence-electron chi connectivity index (χ2n) is 7.18. The third-order valence-electron chi connectivity index (χ3n) is 5.16. The lowest BCUT2D eigenvalue weighted by Crippen LogP contribution is -2.26. The fraction of sp³-hybridized carbons (Fsp3) is 0.381. The molecule has 2 N–H and O–H groups in total. The van der Waals surface area contributed by atoms with Gasteiger partial charge >= 0.3 is 0 Å². The number of carbonyl (C=O) groups is 1. The van der Waals surface area contributed by atoms with Crippen LogP contribution in [0, 0.1) is 0 Å². The van der Waals surface area contributed by atoms with Crippen molar-refractivity contribution in [2.45, 2.75) is 25.3 Å². The zero-order valence-electron chi connectivity index (χ0n) is 16.2. The van der Waals surface area contributed by atoms with E-state index in [0.717, 1.165) is 40.7 Å². The number of pyridine rings is 1. The number of methoxy groups -OCH3 is 1. The normalized spacial score (nSPS) is 15.4. The minimum atomic E-state index is 0.0363. The number of rotatable bonds is 7. The summed E-state index contributed by atoms with van der Waals surface area (Å²) in [7, 11) is 3.62. The van der Waals surface area contributed by atoms with Crippen LogP contribution in [0.3, 0.4) is 0 Å². The molecule has 2 aromatic heterocycles. The van der Waals surface area contributed by atoms with Gasteiger partial charge in [-0.25, -0.2) is 4.98 Å². The molecule has 0 aliphatic carbocycles. The van der Waals surface area contributed by atoms with Crippen molar-refractivity contribution in [1.29, 1.82) is 0 Å². The van der Waals surface area contributed by atoms with Gasteiger partial charge in [0, 0.05) is 50.9 Å². The summed E-state index contributed by atoms with van der Waals surface area (Å²) in [4.78, 5) is 16.7. The Balaban J connectivity index is 1.45. The molecule has 3 aromatic rings. The fourth-order valence-electron chi connectivity index (χ4n) is 3.79. The topological polar surface area (TPSA) is 81.1 Å². The largest absolute Gasteiger partial charge is 0.385 e. The average molecular weight is 379 g/mol. The number of aromatic nitrogens is 3. The Morgan fingerprint density at radius 2 is 2.29 bits per heavy atom. The second-order valence-corrected chi connectivity index (χ2v) is 7.18. The monoisotopic (exact) mass is 379 g/mol. The van der Waals surface area contributed by atoms with Gasteiger partial charge in [0.1, 0.15) is 5.82 Å². The average Bonchev–Trinajstić information content (AvgIpc) is 3.29. The van der Waals surface area contributed by atoms with Crippen LogP contribution >= 0.6 is 0 Å². The third-order valence-corrected chi connectivity index (χ3v) is 5.16. The van der Waals surface area contributed by atoms with Crippen LogP contribution in [0.5, 0.6) is 0 Å².